The van der Waals surface area contributed by atoms with Crippen molar-refractivity contribution in [2.24, 2.45) is 0 Å². The van der Waals surface area contributed by atoms with Gasteiger partial charge in [-0.25, -0.2) is 0 Å². The number of rotatable bonds is 4. The number of carbonyl (C=O) groups excluding carboxylic acids is 1. The maximum atomic E-state index is 11.4. The summed E-state index contributed by atoms with van der Waals surface area (Å²) in [5, 5.41) is 8.40. The molecule has 1 aromatic carbocycles. The van der Waals surface area contributed by atoms with E-state index >= 15 is 0 Å². The van der Waals surface area contributed by atoms with Crippen molar-refractivity contribution in [3.8, 4) is 12.8 Å². The van der Waals surface area contributed by atoms with Crippen LogP contribution in [0.25, 0.3) is 0 Å². The van der Waals surface area contributed by atoms with Crippen LogP contribution < -0.4 is 5.73 Å². The lowest BCUT2D eigenvalue weighted by molar-refractivity contribution is -0.136. The van der Waals surface area contributed by atoms with Gasteiger partial charge in [-0.15, -0.1) is 12.8 Å². The SMILES string of the molecule is C#C.Nc1ccccc1C(=O)CCC(=O)O. The van der Waals surface area contributed by atoms with Crippen LogP contribution in [0.15, 0.2) is 24.3 Å². The van der Waals surface area contributed by atoms with Gasteiger partial charge < -0.3 is 10.8 Å². The average Bonchev–Trinajstić information content (AvgIpc) is 2.29. The van der Waals surface area contributed by atoms with Crippen molar-refractivity contribution in [3.05, 3.63) is 29.8 Å². The number of carbonyl (C=O) groups is 2. The van der Waals surface area contributed by atoms with Crippen molar-refractivity contribution >= 4 is 17.4 Å². The summed E-state index contributed by atoms with van der Waals surface area (Å²) in [6, 6.07) is 6.64. The smallest absolute Gasteiger partial charge is 0.303 e. The Morgan fingerprint density at radius 2 is 1.75 bits per heavy atom. The Kier molecular flexibility index (Phi) is 6.06. The van der Waals surface area contributed by atoms with E-state index < -0.39 is 5.97 Å². The third-order valence-electron chi connectivity index (χ3n) is 1.83. The second-order valence-electron chi connectivity index (χ2n) is 2.90. The Morgan fingerprint density at radius 3 is 2.25 bits per heavy atom. The molecule has 0 atom stereocenters. The number of para-hydroxylation sites is 1. The number of carboxylic acids is 1. The fourth-order valence-electron chi connectivity index (χ4n) is 1.11. The topological polar surface area (TPSA) is 80.4 Å². The number of hydrogen-bond acceptors (Lipinski definition) is 3. The summed E-state index contributed by atoms with van der Waals surface area (Å²) >= 11 is 0. The largest absolute Gasteiger partial charge is 0.481 e. The number of benzene rings is 1. The highest BCUT2D eigenvalue weighted by Gasteiger charge is 2.10. The number of hydrogen-bond donors (Lipinski definition) is 2. The molecule has 0 amide bonds. The zero-order valence-electron chi connectivity index (χ0n) is 8.72. The molecule has 0 aliphatic carbocycles. The monoisotopic (exact) mass is 219 g/mol. The number of nitrogens with two attached hydrogens (primary N) is 1. The molecule has 0 fully saturated rings. The van der Waals surface area contributed by atoms with E-state index in [4.69, 9.17) is 10.8 Å². The summed E-state index contributed by atoms with van der Waals surface area (Å²) in [5.41, 5.74) is 6.35. The van der Waals surface area contributed by atoms with Gasteiger partial charge in [0.1, 0.15) is 0 Å². The lowest BCUT2D eigenvalue weighted by atomic mass is 10.1. The molecule has 3 N–H and O–H groups in total. The van der Waals surface area contributed by atoms with E-state index in [0.29, 0.717) is 11.3 Å². The van der Waals surface area contributed by atoms with Crippen molar-refractivity contribution < 1.29 is 14.7 Å². The van der Waals surface area contributed by atoms with Gasteiger partial charge in [-0.05, 0) is 12.1 Å². The van der Waals surface area contributed by atoms with Crippen molar-refractivity contribution in [1.29, 1.82) is 0 Å². The standard InChI is InChI=1S/C10H11NO3.C2H2/c11-8-4-2-1-3-7(8)9(12)5-6-10(13)14;1-2/h1-4H,5-6,11H2,(H,13,14);1-2H. The number of terminal acetylenes is 1. The first-order chi connectivity index (χ1) is 7.61. The van der Waals surface area contributed by atoms with E-state index in [2.05, 4.69) is 12.8 Å². The first-order valence-corrected chi connectivity index (χ1v) is 4.54. The molecule has 0 aliphatic heterocycles. The van der Waals surface area contributed by atoms with Crippen LogP contribution in [0.1, 0.15) is 23.2 Å². The third kappa shape index (κ3) is 4.29. The molecule has 1 aromatic rings. The Balaban J connectivity index is 0.00000106. The van der Waals surface area contributed by atoms with Gasteiger partial charge in [0.05, 0.1) is 6.42 Å². The number of aliphatic carboxylic acids is 1. The minimum Gasteiger partial charge on any atom is -0.481 e. The molecule has 0 radical (unpaired) electrons. The molecule has 0 saturated carbocycles. The van der Waals surface area contributed by atoms with Crippen LogP contribution in [0.5, 0.6) is 0 Å². The average molecular weight is 219 g/mol. The maximum absolute atomic E-state index is 11.4. The predicted octanol–water partition coefficient (Wildman–Crippen LogP) is 1.57. The van der Waals surface area contributed by atoms with E-state index in [0.717, 1.165) is 0 Å². The van der Waals surface area contributed by atoms with Gasteiger partial charge in [0.25, 0.3) is 0 Å². The zero-order chi connectivity index (χ0) is 12.6. The third-order valence-corrected chi connectivity index (χ3v) is 1.83. The molecule has 0 spiro atoms. The maximum Gasteiger partial charge on any atom is 0.303 e. The van der Waals surface area contributed by atoms with Gasteiger partial charge in [0.2, 0.25) is 0 Å². The highest BCUT2D eigenvalue weighted by molar-refractivity contribution is 6.01. The molecule has 0 aromatic heterocycles. The van der Waals surface area contributed by atoms with Crippen molar-refractivity contribution in [1.82, 2.24) is 0 Å². The van der Waals surface area contributed by atoms with Crippen LogP contribution >= 0.6 is 0 Å². The van der Waals surface area contributed by atoms with E-state index in [-0.39, 0.29) is 18.6 Å². The number of nitrogen functional groups attached to an aromatic ring is 1. The summed E-state index contributed by atoms with van der Waals surface area (Å²) in [4.78, 5) is 21.7. The lowest BCUT2D eigenvalue weighted by Gasteiger charge is -2.02. The minimum atomic E-state index is -0.979. The van der Waals surface area contributed by atoms with Crippen molar-refractivity contribution in [3.63, 3.8) is 0 Å². The number of carboxylic acid groups (broad SMARTS) is 1. The minimum absolute atomic E-state index is 0.0104. The zero-order valence-corrected chi connectivity index (χ0v) is 8.72. The highest BCUT2D eigenvalue weighted by atomic mass is 16.4. The van der Waals surface area contributed by atoms with Crippen LogP contribution in [0.3, 0.4) is 0 Å². The predicted molar refractivity (Wildman–Crippen MR) is 61.9 cm³/mol. The van der Waals surface area contributed by atoms with Crippen LogP contribution in [0.4, 0.5) is 5.69 Å². The first-order valence-electron chi connectivity index (χ1n) is 4.54. The quantitative estimate of drug-likeness (QED) is 0.457. The van der Waals surface area contributed by atoms with E-state index in [1.807, 2.05) is 0 Å². The number of anilines is 1. The first kappa shape index (κ1) is 13.7. The van der Waals surface area contributed by atoms with Crippen molar-refractivity contribution in [2.45, 2.75) is 12.8 Å². The molecule has 0 aliphatic rings. The Hall–Kier alpha value is -2.28. The Labute approximate surface area is 94.1 Å². The van der Waals surface area contributed by atoms with Gasteiger partial charge in [-0.3, -0.25) is 9.59 Å². The number of Topliss-reactive ketones (excluding diaryl/α,β-unsaturated/α-hetero) is 1. The summed E-state index contributed by atoms with van der Waals surface area (Å²) < 4.78 is 0. The van der Waals surface area contributed by atoms with Gasteiger partial charge in [0.15, 0.2) is 5.78 Å². The van der Waals surface area contributed by atoms with Crippen LogP contribution in [-0.2, 0) is 4.79 Å². The van der Waals surface area contributed by atoms with E-state index in [9.17, 15) is 9.59 Å². The van der Waals surface area contributed by atoms with Crippen molar-refractivity contribution in [2.75, 3.05) is 5.73 Å². The lowest BCUT2D eigenvalue weighted by Crippen LogP contribution is -2.06. The van der Waals surface area contributed by atoms with Crippen LogP contribution in [0.2, 0.25) is 0 Å². The van der Waals surface area contributed by atoms with Gasteiger partial charge >= 0.3 is 5.97 Å². The molecule has 4 nitrogen and oxygen atoms in total. The summed E-state index contributed by atoms with van der Waals surface area (Å²) in [7, 11) is 0. The van der Waals surface area contributed by atoms with Gasteiger partial charge in [-0.2, -0.15) is 0 Å². The molecule has 0 unspecified atom stereocenters. The molecule has 0 heterocycles. The molecular weight excluding hydrogens is 206 g/mol. The van der Waals surface area contributed by atoms with Crippen LogP contribution in [-0.4, -0.2) is 16.9 Å². The van der Waals surface area contributed by atoms with E-state index in [1.54, 1.807) is 24.3 Å². The Morgan fingerprint density at radius 1 is 1.19 bits per heavy atom. The van der Waals surface area contributed by atoms with E-state index in [1.165, 1.54) is 0 Å². The summed E-state index contributed by atoms with van der Waals surface area (Å²) in [6.45, 7) is 0. The van der Waals surface area contributed by atoms with Gasteiger partial charge in [0, 0.05) is 17.7 Å². The normalized spacial score (nSPS) is 8.62. The fraction of sp³-hybridized carbons (Fsp3) is 0.167. The highest BCUT2D eigenvalue weighted by Crippen LogP contribution is 2.13. The van der Waals surface area contributed by atoms with Crippen LogP contribution in [0, 0.1) is 12.8 Å². The number of ketones is 1. The molecule has 4 heteroatoms. The molecule has 0 bridgehead atoms. The summed E-state index contributed by atoms with van der Waals surface area (Å²) in [5.74, 6) is -1.21. The molecule has 0 saturated heterocycles. The molecule has 16 heavy (non-hydrogen) atoms. The molecular formula is C12H13NO3. The summed E-state index contributed by atoms with van der Waals surface area (Å²) in [6.07, 6.45) is 7.83. The second-order valence-corrected chi connectivity index (χ2v) is 2.90. The molecule has 1 rings (SSSR count). The Bertz CT molecular complexity index is 396. The van der Waals surface area contributed by atoms with Gasteiger partial charge in [-0.1, -0.05) is 12.1 Å². The molecule has 84 valence electrons. The second kappa shape index (κ2) is 7.07. The fourth-order valence-corrected chi connectivity index (χ4v) is 1.11.